The van der Waals surface area contributed by atoms with Crippen LogP contribution in [0.5, 0.6) is 5.75 Å². The van der Waals surface area contributed by atoms with Crippen LogP contribution in [0.1, 0.15) is 18.9 Å². The van der Waals surface area contributed by atoms with Crippen molar-refractivity contribution in [3.63, 3.8) is 0 Å². The van der Waals surface area contributed by atoms with Crippen LogP contribution in [0.3, 0.4) is 0 Å². The second-order valence-corrected chi connectivity index (χ2v) is 3.94. The van der Waals surface area contributed by atoms with Gasteiger partial charge in [-0.3, -0.25) is 0 Å². The lowest BCUT2D eigenvalue weighted by Gasteiger charge is -2.14. The molecule has 0 spiro atoms. The summed E-state index contributed by atoms with van der Waals surface area (Å²) in [5.74, 6) is -0.372. The molecule has 0 aromatic heterocycles. The number of carboxylic acids is 1. The Labute approximate surface area is 111 Å². The summed E-state index contributed by atoms with van der Waals surface area (Å²) < 4.78 is 5.15. The highest BCUT2D eigenvalue weighted by molar-refractivity contribution is 5.82. The fraction of sp³-hybridized carbons (Fsp3) is 0.385. The van der Waals surface area contributed by atoms with Crippen LogP contribution >= 0.6 is 0 Å². The molecule has 0 saturated heterocycles. The number of rotatable bonds is 6. The number of carbonyl (C=O) groups excluding carboxylic acids is 1. The molecule has 1 atom stereocenters. The first-order chi connectivity index (χ1) is 9.08. The Kier molecular flexibility index (Phi) is 5.66. The number of nitrogens with one attached hydrogen (secondary N) is 2. The normalized spacial score (nSPS) is 11.5. The summed E-state index contributed by atoms with van der Waals surface area (Å²) in [7, 11) is 1.55. The molecule has 1 aromatic carbocycles. The van der Waals surface area contributed by atoms with Crippen LogP contribution in [0, 0.1) is 0 Å². The highest BCUT2D eigenvalue weighted by atomic mass is 16.5. The monoisotopic (exact) mass is 266 g/mol. The fourth-order valence-electron chi connectivity index (χ4n) is 1.57. The molecule has 0 saturated carbocycles. The number of hydrogen-bond acceptors (Lipinski definition) is 3. The fourth-order valence-corrected chi connectivity index (χ4v) is 1.57. The van der Waals surface area contributed by atoms with Crippen molar-refractivity contribution < 1.29 is 19.4 Å². The quantitative estimate of drug-likeness (QED) is 0.725. The zero-order valence-electron chi connectivity index (χ0n) is 11.0. The van der Waals surface area contributed by atoms with E-state index in [1.165, 1.54) is 0 Å². The van der Waals surface area contributed by atoms with Gasteiger partial charge in [-0.1, -0.05) is 25.1 Å². The molecule has 0 unspecified atom stereocenters. The van der Waals surface area contributed by atoms with E-state index in [4.69, 9.17) is 9.84 Å². The lowest BCUT2D eigenvalue weighted by atomic mass is 10.2. The Morgan fingerprint density at radius 2 is 2.05 bits per heavy atom. The van der Waals surface area contributed by atoms with Crippen LogP contribution in [0.4, 0.5) is 4.79 Å². The first-order valence-electron chi connectivity index (χ1n) is 5.97. The van der Waals surface area contributed by atoms with Crippen LogP contribution in [-0.2, 0) is 11.3 Å². The third kappa shape index (κ3) is 4.50. The number of ether oxygens (including phenoxy) is 1. The molecule has 0 aliphatic carbocycles. The maximum absolute atomic E-state index is 11.6. The molecule has 0 bridgehead atoms. The SMILES string of the molecule is CC[C@@H](NC(=O)NCc1ccccc1OC)C(=O)O. The molecule has 0 aliphatic heterocycles. The molecule has 0 fully saturated rings. The minimum atomic E-state index is -1.05. The molecule has 0 aliphatic rings. The molecule has 0 radical (unpaired) electrons. The molecule has 6 heteroatoms. The highest BCUT2D eigenvalue weighted by Gasteiger charge is 2.17. The zero-order valence-corrected chi connectivity index (χ0v) is 11.0. The van der Waals surface area contributed by atoms with Gasteiger partial charge in [-0.2, -0.15) is 0 Å². The van der Waals surface area contributed by atoms with Crippen LogP contribution in [-0.4, -0.2) is 30.3 Å². The Morgan fingerprint density at radius 1 is 1.37 bits per heavy atom. The van der Waals surface area contributed by atoms with Crippen molar-refractivity contribution >= 4 is 12.0 Å². The molecule has 1 rings (SSSR count). The number of methoxy groups -OCH3 is 1. The lowest BCUT2D eigenvalue weighted by Crippen LogP contribution is -2.45. The Balaban J connectivity index is 2.52. The zero-order chi connectivity index (χ0) is 14.3. The van der Waals surface area contributed by atoms with Gasteiger partial charge in [0.25, 0.3) is 0 Å². The van der Waals surface area contributed by atoms with Gasteiger partial charge in [0.15, 0.2) is 0 Å². The van der Waals surface area contributed by atoms with Crippen LogP contribution in [0.15, 0.2) is 24.3 Å². The second kappa shape index (κ2) is 7.25. The molecule has 19 heavy (non-hydrogen) atoms. The van der Waals surface area contributed by atoms with Gasteiger partial charge in [-0.25, -0.2) is 9.59 Å². The van der Waals surface area contributed by atoms with Crippen molar-refractivity contribution in [3.8, 4) is 5.75 Å². The minimum absolute atomic E-state index is 0.270. The van der Waals surface area contributed by atoms with E-state index < -0.39 is 18.0 Å². The van der Waals surface area contributed by atoms with Crippen molar-refractivity contribution in [1.82, 2.24) is 10.6 Å². The van der Waals surface area contributed by atoms with Gasteiger partial charge in [0.2, 0.25) is 0 Å². The number of urea groups is 1. The van der Waals surface area contributed by atoms with Crippen LogP contribution in [0.25, 0.3) is 0 Å². The van der Waals surface area contributed by atoms with E-state index in [1.54, 1.807) is 20.1 Å². The summed E-state index contributed by atoms with van der Waals surface area (Å²) in [5, 5.41) is 13.8. The third-order valence-corrected chi connectivity index (χ3v) is 2.64. The largest absolute Gasteiger partial charge is 0.496 e. The first kappa shape index (κ1) is 14.8. The lowest BCUT2D eigenvalue weighted by molar-refractivity contribution is -0.139. The number of benzene rings is 1. The van der Waals surface area contributed by atoms with E-state index >= 15 is 0 Å². The highest BCUT2D eigenvalue weighted by Crippen LogP contribution is 2.16. The average Bonchev–Trinajstić information content (AvgIpc) is 2.42. The van der Waals surface area contributed by atoms with E-state index in [0.29, 0.717) is 12.2 Å². The summed E-state index contributed by atoms with van der Waals surface area (Å²) in [4.78, 5) is 22.3. The van der Waals surface area contributed by atoms with Gasteiger partial charge in [-0.15, -0.1) is 0 Å². The standard InChI is InChI=1S/C13H18N2O4/c1-3-10(12(16)17)15-13(18)14-8-9-6-4-5-7-11(9)19-2/h4-7,10H,3,8H2,1-2H3,(H,16,17)(H2,14,15,18)/t10-/m1/s1. The summed E-state index contributed by atoms with van der Waals surface area (Å²) in [6, 6.07) is 5.90. The Bertz CT molecular complexity index is 448. The number of para-hydroxylation sites is 1. The summed E-state index contributed by atoms with van der Waals surface area (Å²) in [6.45, 7) is 1.96. The van der Waals surface area contributed by atoms with Gasteiger partial charge in [0.05, 0.1) is 7.11 Å². The molecule has 0 heterocycles. The van der Waals surface area contributed by atoms with Crippen LogP contribution in [0.2, 0.25) is 0 Å². The number of aliphatic carboxylic acids is 1. The van der Waals surface area contributed by atoms with Crippen molar-refractivity contribution in [2.24, 2.45) is 0 Å². The average molecular weight is 266 g/mol. The summed E-state index contributed by atoms with van der Waals surface area (Å²) in [6.07, 6.45) is 0.331. The van der Waals surface area contributed by atoms with E-state index in [-0.39, 0.29) is 6.54 Å². The van der Waals surface area contributed by atoms with Crippen molar-refractivity contribution in [3.05, 3.63) is 29.8 Å². The maximum atomic E-state index is 11.6. The smallest absolute Gasteiger partial charge is 0.326 e. The van der Waals surface area contributed by atoms with E-state index in [2.05, 4.69) is 10.6 Å². The molecular weight excluding hydrogens is 248 g/mol. The molecule has 6 nitrogen and oxygen atoms in total. The van der Waals surface area contributed by atoms with Gasteiger partial charge < -0.3 is 20.5 Å². The Morgan fingerprint density at radius 3 is 2.63 bits per heavy atom. The minimum Gasteiger partial charge on any atom is -0.496 e. The first-order valence-corrected chi connectivity index (χ1v) is 5.97. The molecule has 3 N–H and O–H groups in total. The van der Waals surface area contributed by atoms with Crippen LogP contribution < -0.4 is 15.4 Å². The number of amides is 2. The van der Waals surface area contributed by atoms with Gasteiger partial charge >= 0.3 is 12.0 Å². The number of carbonyl (C=O) groups is 2. The molecular formula is C13H18N2O4. The Hall–Kier alpha value is -2.24. The van der Waals surface area contributed by atoms with Crippen molar-refractivity contribution in [2.75, 3.05) is 7.11 Å². The number of carboxylic acid groups (broad SMARTS) is 1. The molecule has 2 amide bonds. The summed E-state index contributed by atoms with van der Waals surface area (Å²) >= 11 is 0. The topological polar surface area (TPSA) is 87.7 Å². The maximum Gasteiger partial charge on any atom is 0.326 e. The van der Waals surface area contributed by atoms with Crippen molar-refractivity contribution in [1.29, 1.82) is 0 Å². The second-order valence-electron chi connectivity index (χ2n) is 3.94. The summed E-state index contributed by atoms with van der Waals surface area (Å²) in [5.41, 5.74) is 0.823. The van der Waals surface area contributed by atoms with E-state index in [0.717, 1.165) is 5.56 Å². The molecule has 1 aromatic rings. The van der Waals surface area contributed by atoms with Gasteiger partial charge in [-0.05, 0) is 12.5 Å². The number of hydrogen-bond donors (Lipinski definition) is 3. The van der Waals surface area contributed by atoms with E-state index in [9.17, 15) is 9.59 Å². The van der Waals surface area contributed by atoms with Crippen molar-refractivity contribution in [2.45, 2.75) is 25.9 Å². The third-order valence-electron chi connectivity index (χ3n) is 2.64. The van der Waals surface area contributed by atoms with Gasteiger partial charge in [0, 0.05) is 12.1 Å². The van der Waals surface area contributed by atoms with Gasteiger partial charge in [0.1, 0.15) is 11.8 Å². The predicted molar refractivity (Wildman–Crippen MR) is 70.1 cm³/mol. The molecule has 104 valence electrons. The predicted octanol–water partition coefficient (Wildman–Crippen LogP) is 1.36. The van der Waals surface area contributed by atoms with E-state index in [1.807, 2.05) is 18.2 Å².